The van der Waals surface area contributed by atoms with E-state index in [2.05, 4.69) is 51.4 Å². The minimum atomic E-state index is 0.375. The number of aromatic nitrogens is 3. The van der Waals surface area contributed by atoms with E-state index in [-0.39, 0.29) is 0 Å². The predicted octanol–water partition coefficient (Wildman–Crippen LogP) is 4.28. The summed E-state index contributed by atoms with van der Waals surface area (Å²) < 4.78 is 5.66. The first kappa shape index (κ1) is 20.3. The third-order valence-corrected chi connectivity index (χ3v) is 5.74. The van der Waals surface area contributed by atoms with Gasteiger partial charge in [-0.15, -0.1) is 0 Å². The van der Waals surface area contributed by atoms with E-state index in [4.69, 9.17) is 9.72 Å². The Morgan fingerprint density at radius 1 is 1.20 bits per heavy atom. The summed E-state index contributed by atoms with van der Waals surface area (Å²) >= 11 is 0. The van der Waals surface area contributed by atoms with Crippen molar-refractivity contribution < 1.29 is 4.74 Å². The molecule has 0 aliphatic carbocycles. The summed E-state index contributed by atoms with van der Waals surface area (Å²) in [6.07, 6.45) is 5.87. The Hall–Kier alpha value is -2.99. The molecule has 1 N–H and O–H groups in total. The number of nitrogens with one attached hydrogen (secondary N) is 1. The van der Waals surface area contributed by atoms with Crippen molar-refractivity contribution >= 4 is 5.82 Å². The Morgan fingerprint density at radius 3 is 2.87 bits per heavy atom. The van der Waals surface area contributed by atoms with Crippen molar-refractivity contribution in [3.8, 4) is 17.1 Å². The standard InChI is InChI=1S/C24H29N5O/c1-17-7-4-8-20(23(17)30-3)16-29-12-6-10-19(15-29)21-13-22(25-2)28-24(27-21)18-9-5-11-26-14-18/h4-5,7-9,11,13-14,19H,6,10,12,15-16H2,1-3H3,(H,25,27,28)/t19-/m0/s1. The topological polar surface area (TPSA) is 63.2 Å². The van der Waals surface area contributed by atoms with Crippen LogP contribution in [0.15, 0.2) is 48.8 Å². The number of hydrogen-bond acceptors (Lipinski definition) is 6. The molecule has 1 atom stereocenters. The third kappa shape index (κ3) is 4.44. The fraction of sp³-hybridized carbons (Fsp3) is 0.375. The minimum Gasteiger partial charge on any atom is -0.496 e. The zero-order chi connectivity index (χ0) is 20.9. The van der Waals surface area contributed by atoms with Gasteiger partial charge in [-0.3, -0.25) is 9.88 Å². The van der Waals surface area contributed by atoms with Crippen LogP contribution in [0.4, 0.5) is 5.82 Å². The van der Waals surface area contributed by atoms with Crippen molar-refractivity contribution in [1.82, 2.24) is 19.9 Å². The Kier molecular flexibility index (Phi) is 6.23. The second-order valence-corrected chi connectivity index (χ2v) is 7.83. The molecule has 1 fully saturated rings. The van der Waals surface area contributed by atoms with Crippen molar-refractivity contribution in [2.45, 2.75) is 32.2 Å². The summed E-state index contributed by atoms with van der Waals surface area (Å²) in [5, 5.41) is 3.19. The second kappa shape index (κ2) is 9.22. The Bertz CT molecular complexity index is 992. The van der Waals surface area contributed by atoms with Crippen LogP contribution in [0, 0.1) is 6.92 Å². The molecule has 3 aromatic rings. The molecule has 1 aromatic carbocycles. The molecular weight excluding hydrogens is 374 g/mol. The van der Waals surface area contributed by atoms with Crippen molar-refractivity contribution in [3.63, 3.8) is 0 Å². The highest BCUT2D eigenvalue weighted by atomic mass is 16.5. The van der Waals surface area contributed by atoms with Gasteiger partial charge in [0.25, 0.3) is 0 Å². The molecule has 1 aliphatic heterocycles. The molecule has 0 radical (unpaired) electrons. The quantitative estimate of drug-likeness (QED) is 0.663. The molecule has 6 heteroatoms. The summed E-state index contributed by atoms with van der Waals surface area (Å²) in [5.41, 5.74) is 4.45. The predicted molar refractivity (Wildman–Crippen MR) is 120 cm³/mol. The maximum absolute atomic E-state index is 5.66. The molecule has 30 heavy (non-hydrogen) atoms. The zero-order valence-corrected chi connectivity index (χ0v) is 17.9. The van der Waals surface area contributed by atoms with Gasteiger partial charge in [-0.2, -0.15) is 0 Å². The number of piperidine rings is 1. The van der Waals surface area contributed by atoms with Crippen LogP contribution in [0.25, 0.3) is 11.4 Å². The van der Waals surface area contributed by atoms with Crippen LogP contribution in [-0.4, -0.2) is 47.1 Å². The number of likely N-dealkylation sites (tertiary alicyclic amines) is 1. The monoisotopic (exact) mass is 403 g/mol. The number of benzene rings is 1. The van der Waals surface area contributed by atoms with E-state index in [0.717, 1.165) is 61.1 Å². The van der Waals surface area contributed by atoms with E-state index >= 15 is 0 Å². The number of nitrogens with zero attached hydrogens (tertiary/aromatic N) is 4. The van der Waals surface area contributed by atoms with Crippen LogP contribution < -0.4 is 10.1 Å². The lowest BCUT2D eigenvalue weighted by Crippen LogP contribution is -2.34. The summed E-state index contributed by atoms with van der Waals surface area (Å²) in [6.45, 7) is 5.05. The molecule has 156 valence electrons. The van der Waals surface area contributed by atoms with Gasteiger partial charge in [0.2, 0.25) is 0 Å². The first-order valence-electron chi connectivity index (χ1n) is 10.5. The van der Waals surface area contributed by atoms with Gasteiger partial charge < -0.3 is 10.1 Å². The summed E-state index contributed by atoms with van der Waals surface area (Å²) in [5.74, 6) is 2.94. The Balaban J connectivity index is 1.57. The summed E-state index contributed by atoms with van der Waals surface area (Å²) in [7, 11) is 3.65. The largest absolute Gasteiger partial charge is 0.496 e. The van der Waals surface area contributed by atoms with Crippen molar-refractivity contribution in [3.05, 3.63) is 65.6 Å². The third-order valence-electron chi connectivity index (χ3n) is 5.74. The lowest BCUT2D eigenvalue weighted by atomic mass is 9.93. The highest BCUT2D eigenvalue weighted by Crippen LogP contribution is 2.31. The first-order chi connectivity index (χ1) is 14.7. The molecule has 1 saturated heterocycles. The van der Waals surface area contributed by atoms with Crippen LogP contribution in [0.2, 0.25) is 0 Å². The number of rotatable bonds is 6. The Morgan fingerprint density at radius 2 is 2.10 bits per heavy atom. The van der Waals surface area contributed by atoms with Crippen LogP contribution in [0.3, 0.4) is 0 Å². The number of para-hydroxylation sites is 1. The molecule has 3 heterocycles. The molecular formula is C24H29N5O. The number of pyridine rings is 1. The summed E-state index contributed by atoms with van der Waals surface area (Å²) in [6, 6.07) is 12.4. The van der Waals surface area contributed by atoms with Gasteiger partial charge in [0, 0.05) is 55.6 Å². The maximum Gasteiger partial charge on any atom is 0.163 e. The van der Waals surface area contributed by atoms with E-state index in [1.165, 1.54) is 11.1 Å². The van der Waals surface area contributed by atoms with Crippen LogP contribution in [-0.2, 0) is 6.54 Å². The van der Waals surface area contributed by atoms with Crippen LogP contribution in [0.5, 0.6) is 5.75 Å². The highest BCUT2D eigenvalue weighted by Gasteiger charge is 2.24. The molecule has 0 unspecified atom stereocenters. The fourth-order valence-electron chi connectivity index (χ4n) is 4.24. The lowest BCUT2D eigenvalue weighted by Gasteiger charge is -2.33. The van der Waals surface area contributed by atoms with Gasteiger partial charge in [0.15, 0.2) is 5.82 Å². The van der Waals surface area contributed by atoms with Gasteiger partial charge >= 0.3 is 0 Å². The molecule has 0 bridgehead atoms. The van der Waals surface area contributed by atoms with Gasteiger partial charge in [-0.05, 0) is 44.0 Å². The average Bonchev–Trinajstić information content (AvgIpc) is 2.80. The van der Waals surface area contributed by atoms with E-state index < -0.39 is 0 Å². The molecule has 4 rings (SSSR count). The normalized spacial score (nSPS) is 17.0. The molecule has 2 aromatic heterocycles. The lowest BCUT2D eigenvalue weighted by molar-refractivity contribution is 0.196. The first-order valence-corrected chi connectivity index (χ1v) is 10.5. The van der Waals surface area contributed by atoms with Crippen LogP contribution >= 0.6 is 0 Å². The van der Waals surface area contributed by atoms with Crippen molar-refractivity contribution in [1.29, 1.82) is 0 Å². The van der Waals surface area contributed by atoms with Gasteiger partial charge in [-0.25, -0.2) is 9.97 Å². The molecule has 1 aliphatic rings. The molecule has 0 saturated carbocycles. The second-order valence-electron chi connectivity index (χ2n) is 7.83. The van der Waals surface area contributed by atoms with Crippen molar-refractivity contribution in [2.75, 3.05) is 32.6 Å². The van der Waals surface area contributed by atoms with Crippen molar-refractivity contribution in [2.24, 2.45) is 0 Å². The molecule has 0 spiro atoms. The van der Waals surface area contributed by atoms with E-state index in [1.54, 1.807) is 13.3 Å². The summed E-state index contributed by atoms with van der Waals surface area (Å²) in [4.78, 5) is 16.3. The average molecular weight is 404 g/mol. The molecule has 0 amide bonds. The van der Waals surface area contributed by atoms with Gasteiger partial charge in [0.05, 0.1) is 12.8 Å². The number of aryl methyl sites for hydroxylation is 1. The zero-order valence-electron chi connectivity index (χ0n) is 17.9. The molecule has 6 nitrogen and oxygen atoms in total. The highest BCUT2D eigenvalue weighted by molar-refractivity contribution is 5.56. The Labute approximate surface area is 178 Å². The van der Waals surface area contributed by atoms with Crippen LogP contribution in [0.1, 0.15) is 35.6 Å². The number of hydrogen-bond donors (Lipinski definition) is 1. The smallest absolute Gasteiger partial charge is 0.163 e. The fourth-order valence-corrected chi connectivity index (χ4v) is 4.24. The van der Waals surface area contributed by atoms with E-state index in [0.29, 0.717) is 5.92 Å². The van der Waals surface area contributed by atoms with E-state index in [1.807, 2.05) is 25.4 Å². The van der Waals surface area contributed by atoms with E-state index in [9.17, 15) is 0 Å². The number of ether oxygens (including phenoxy) is 1. The SMILES string of the molecule is CNc1cc([C@H]2CCCN(Cc3cccc(C)c3OC)C2)nc(-c2cccnc2)n1. The minimum absolute atomic E-state index is 0.375. The number of anilines is 1. The maximum atomic E-state index is 5.66. The van der Waals surface area contributed by atoms with Gasteiger partial charge in [-0.1, -0.05) is 18.2 Å². The number of methoxy groups -OCH3 is 1. The van der Waals surface area contributed by atoms with Gasteiger partial charge in [0.1, 0.15) is 11.6 Å².